The number of nitrogens with zero attached hydrogens (tertiary/aromatic N) is 2. The van der Waals surface area contributed by atoms with Crippen molar-refractivity contribution in [3.8, 4) is 6.07 Å². The van der Waals surface area contributed by atoms with Crippen LogP contribution in [0.4, 0.5) is 5.82 Å². The molecule has 0 amide bonds. The van der Waals surface area contributed by atoms with E-state index in [9.17, 15) is 5.26 Å². The van der Waals surface area contributed by atoms with Crippen molar-refractivity contribution in [3.05, 3.63) is 16.7 Å². The molecule has 1 unspecified atom stereocenters. The van der Waals surface area contributed by atoms with E-state index >= 15 is 0 Å². The highest BCUT2D eigenvalue weighted by atomic mass is 32.2. The lowest BCUT2D eigenvalue weighted by Gasteiger charge is -2.38. The number of ether oxygens (including phenoxy) is 1. The Morgan fingerprint density at radius 2 is 2.00 bits per heavy atom. The van der Waals surface area contributed by atoms with E-state index in [0.717, 1.165) is 49.9 Å². The summed E-state index contributed by atoms with van der Waals surface area (Å²) >= 11 is 1.63. The SMILES string of the molecule is CSc1[nH+]c(N2CCOCC2)c2c(c1C#N)CC(C)(C)[NH+](C)C2. The Hall–Kier alpha value is -1.29. The summed E-state index contributed by atoms with van der Waals surface area (Å²) in [6, 6.07) is 2.45. The minimum atomic E-state index is 0.151. The van der Waals surface area contributed by atoms with Gasteiger partial charge in [-0.3, -0.25) is 4.90 Å². The maximum absolute atomic E-state index is 9.72. The average Bonchev–Trinajstić information content (AvgIpc) is 2.55. The maximum atomic E-state index is 9.72. The van der Waals surface area contributed by atoms with Crippen molar-refractivity contribution >= 4 is 17.6 Å². The number of nitrogens with one attached hydrogen (secondary N) is 2. The van der Waals surface area contributed by atoms with Gasteiger partial charge in [0.05, 0.1) is 25.8 Å². The van der Waals surface area contributed by atoms with Gasteiger partial charge < -0.3 is 9.64 Å². The first kappa shape index (κ1) is 16.6. The highest BCUT2D eigenvalue weighted by Crippen LogP contribution is 2.32. The fourth-order valence-corrected chi connectivity index (χ4v) is 4.06. The summed E-state index contributed by atoms with van der Waals surface area (Å²) in [6.07, 6.45) is 2.98. The number of pyridine rings is 1. The van der Waals surface area contributed by atoms with Crippen LogP contribution >= 0.6 is 11.8 Å². The van der Waals surface area contributed by atoms with E-state index in [1.165, 1.54) is 21.8 Å². The van der Waals surface area contributed by atoms with Gasteiger partial charge in [-0.1, -0.05) is 11.8 Å². The molecule has 1 aromatic rings. The summed E-state index contributed by atoms with van der Waals surface area (Å²) in [5.41, 5.74) is 3.55. The number of H-pyrrole nitrogens is 1. The maximum Gasteiger partial charge on any atom is 0.284 e. The van der Waals surface area contributed by atoms with Crippen molar-refractivity contribution in [3.63, 3.8) is 0 Å². The van der Waals surface area contributed by atoms with Crippen LogP contribution in [0.5, 0.6) is 0 Å². The van der Waals surface area contributed by atoms with Crippen LogP contribution in [0.1, 0.15) is 30.5 Å². The topological polar surface area (TPSA) is 54.8 Å². The lowest BCUT2D eigenvalue weighted by molar-refractivity contribution is -0.945. The van der Waals surface area contributed by atoms with Crippen molar-refractivity contribution in [1.82, 2.24) is 0 Å². The lowest BCUT2D eigenvalue weighted by Crippen LogP contribution is -3.16. The minimum Gasteiger partial charge on any atom is -0.373 e. The molecule has 1 atom stereocenters. The number of aromatic nitrogens is 1. The normalized spacial score (nSPS) is 23.3. The Kier molecular flexibility index (Phi) is 4.54. The summed E-state index contributed by atoms with van der Waals surface area (Å²) < 4.78 is 5.50. The van der Waals surface area contributed by atoms with Gasteiger partial charge in [-0.25, -0.2) is 4.98 Å². The van der Waals surface area contributed by atoms with E-state index in [0.29, 0.717) is 0 Å². The molecule has 3 heterocycles. The van der Waals surface area contributed by atoms with Crippen molar-refractivity contribution < 1.29 is 14.6 Å². The highest BCUT2D eigenvalue weighted by Gasteiger charge is 2.41. The number of fused-ring (bicyclic) bond motifs is 1. The smallest absolute Gasteiger partial charge is 0.284 e. The summed E-state index contributed by atoms with van der Waals surface area (Å²) in [4.78, 5) is 7.43. The second kappa shape index (κ2) is 6.31. The molecule has 0 saturated carbocycles. The standard InChI is InChI=1S/C17H24N4OS/c1-17(2)9-12-13(10-18)16(23-4)19-15(14(12)11-20(17)3)21-5-7-22-8-6-21/h5-9,11H2,1-4H3/p+2. The molecule has 6 heteroatoms. The van der Waals surface area contributed by atoms with Crippen molar-refractivity contribution in [2.24, 2.45) is 0 Å². The predicted molar refractivity (Wildman–Crippen MR) is 90.9 cm³/mol. The first-order chi connectivity index (χ1) is 11.0. The quantitative estimate of drug-likeness (QED) is 0.790. The highest BCUT2D eigenvalue weighted by molar-refractivity contribution is 7.98. The van der Waals surface area contributed by atoms with Gasteiger partial charge in [0.2, 0.25) is 0 Å². The molecule has 3 rings (SSSR count). The van der Waals surface area contributed by atoms with Crippen LogP contribution in [-0.2, 0) is 17.7 Å². The third-order valence-electron chi connectivity index (χ3n) is 5.27. The number of likely N-dealkylation sites (N-methyl/N-ethyl adjacent to an activating group) is 1. The Bertz CT molecular complexity index is 647. The number of hydrogen-bond donors (Lipinski definition) is 1. The van der Waals surface area contributed by atoms with Gasteiger partial charge in [-0.2, -0.15) is 5.26 Å². The zero-order valence-electron chi connectivity index (χ0n) is 14.5. The molecule has 0 aliphatic carbocycles. The molecule has 2 N–H and O–H groups in total. The molecule has 2 aliphatic heterocycles. The second-order valence-electron chi connectivity index (χ2n) is 7.07. The summed E-state index contributed by atoms with van der Waals surface area (Å²) in [5, 5.41) is 10.7. The van der Waals surface area contributed by atoms with Gasteiger partial charge in [0.1, 0.15) is 36.8 Å². The zero-order chi connectivity index (χ0) is 16.6. The molecular weight excluding hydrogens is 308 g/mol. The van der Waals surface area contributed by atoms with Crippen LogP contribution in [0, 0.1) is 11.3 Å². The number of rotatable bonds is 2. The third kappa shape index (κ3) is 2.93. The zero-order valence-corrected chi connectivity index (χ0v) is 15.3. The molecule has 1 aromatic heterocycles. The Labute approximate surface area is 142 Å². The molecular formula is C17H26N4OS+2. The van der Waals surface area contributed by atoms with Crippen molar-refractivity contribution in [1.29, 1.82) is 5.26 Å². The number of morpholine rings is 1. The summed E-state index contributed by atoms with van der Waals surface area (Å²) in [7, 11) is 2.25. The number of quaternary nitrogens is 1. The van der Waals surface area contributed by atoms with Crippen LogP contribution in [0.15, 0.2) is 5.03 Å². The summed E-state index contributed by atoms with van der Waals surface area (Å²) in [6.45, 7) is 8.88. The molecule has 124 valence electrons. The Balaban J connectivity index is 2.16. The first-order valence-electron chi connectivity index (χ1n) is 8.18. The van der Waals surface area contributed by atoms with Crippen LogP contribution in [0.3, 0.4) is 0 Å². The fraction of sp³-hybridized carbons (Fsp3) is 0.647. The summed E-state index contributed by atoms with van der Waals surface area (Å²) in [5.74, 6) is 1.20. The van der Waals surface area contributed by atoms with Crippen LogP contribution in [0.25, 0.3) is 0 Å². The van der Waals surface area contributed by atoms with E-state index < -0.39 is 0 Å². The van der Waals surface area contributed by atoms with Gasteiger partial charge in [0.15, 0.2) is 5.03 Å². The van der Waals surface area contributed by atoms with E-state index in [2.05, 4.69) is 36.8 Å². The molecule has 1 saturated heterocycles. The molecule has 0 spiro atoms. The lowest BCUT2D eigenvalue weighted by atomic mass is 9.84. The monoisotopic (exact) mass is 334 g/mol. The first-order valence-corrected chi connectivity index (χ1v) is 9.41. The second-order valence-corrected chi connectivity index (χ2v) is 7.88. The molecule has 2 aliphatic rings. The van der Waals surface area contributed by atoms with Crippen molar-refractivity contribution in [2.45, 2.75) is 37.4 Å². The van der Waals surface area contributed by atoms with Gasteiger partial charge in [-0.05, 0) is 25.7 Å². The average molecular weight is 334 g/mol. The number of hydrogen-bond acceptors (Lipinski definition) is 4. The largest absolute Gasteiger partial charge is 0.373 e. The molecule has 23 heavy (non-hydrogen) atoms. The van der Waals surface area contributed by atoms with E-state index in [-0.39, 0.29) is 5.54 Å². The van der Waals surface area contributed by atoms with Gasteiger partial charge in [0, 0.05) is 6.42 Å². The fourth-order valence-electron chi connectivity index (χ4n) is 3.49. The third-order valence-corrected chi connectivity index (χ3v) is 5.98. The molecule has 0 radical (unpaired) electrons. The van der Waals surface area contributed by atoms with Crippen molar-refractivity contribution in [2.75, 3.05) is 44.5 Å². The number of thioether (sulfide) groups is 1. The Morgan fingerprint density at radius 3 is 2.61 bits per heavy atom. The van der Waals surface area contributed by atoms with Crippen LogP contribution in [-0.4, -0.2) is 45.1 Å². The van der Waals surface area contributed by atoms with E-state index in [4.69, 9.17) is 4.74 Å². The van der Waals surface area contributed by atoms with Crippen LogP contribution in [0.2, 0.25) is 0 Å². The number of nitriles is 1. The number of anilines is 1. The molecule has 5 nitrogen and oxygen atoms in total. The molecule has 0 bridgehead atoms. The Morgan fingerprint density at radius 1 is 1.30 bits per heavy atom. The van der Waals surface area contributed by atoms with Gasteiger partial charge in [0.25, 0.3) is 5.82 Å². The molecule has 1 fully saturated rings. The predicted octanol–water partition coefficient (Wildman–Crippen LogP) is 0.280. The number of aromatic amines is 1. The van der Waals surface area contributed by atoms with E-state index in [1.54, 1.807) is 11.8 Å². The van der Waals surface area contributed by atoms with Gasteiger partial charge in [-0.15, -0.1) is 0 Å². The van der Waals surface area contributed by atoms with Crippen LogP contribution < -0.4 is 14.8 Å². The molecule has 0 aromatic carbocycles. The van der Waals surface area contributed by atoms with Gasteiger partial charge >= 0.3 is 0 Å². The van der Waals surface area contributed by atoms with E-state index in [1.807, 2.05) is 6.26 Å². The minimum absolute atomic E-state index is 0.151.